The van der Waals surface area contributed by atoms with Gasteiger partial charge in [-0.25, -0.2) is 4.98 Å². The second-order valence-corrected chi connectivity index (χ2v) is 6.78. The predicted octanol–water partition coefficient (Wildman–Crippen LogP) is 3.69. The Labute approximate surface area is 149 Å². The van der Waals surface area contributed by atoms with Crippen LogP contribution in [0.4, 0.5) is 0 Å². The number of aromatic amines is 2. The molecule has 25 heavy (non-hydrogen) atoms. The maximum Gasteiger partial charge on any atom is 0.189 e. The van der Waals surface area contributed by atoms with Gasteiger partial charge in [0.25, 0.3) is 0 Å². The van der Waals surface area contributed by atoms with Gasteiger partial charge in [0.2, 0.25) is 0 Å². The van der Waals surface area contributed by atoms with E-state index in [1.54, 1.807) is 21.0 Å². The number of thioether (sulfide) groups is 1. The summed E-state index contributed by atoms with van der Waals surface area (Å²) in [6.45, 7) is 5.11. The predicted molar refractivity (Wildman–Crippen MR) is 98.0 cm³/mol. The van der Waals surface area contributed by atoms with Crippen LogP contribution in [-0.2, 0) is 0 Å². The lowest BCUT2D eigenvalue weighted by Gasteiger charge is -1.99. The third kappa shape index (κ3) is 3.32. The molecule has 0 spiro atoms. The van der Waals surface area contributed by atoms with E-state index in [1.165, 1.54) is 18.7 Å². The van der Waals surface area contributed by atoms with E-state index in [1.807, 2.05) is 18.2 Å². The first-order valence-corrected chi connectivity index (χ1v) is 8.79. The summed E-state index contributed by atoms with van der Waals surface area (Å²) in [5.41, 5.74) is 4.22. The Kier molecular flexibility index (Phi) is 4.67. The summed E-state index contributed by atoms with van der Waals surface area (Å²) in [6, 6.07) is 5.58. The second kappa shape index (κ2) is 6.76. The average Bonchev–Trinajstić information content (AvgIpc) is 3.11. The monoisotopic (exact) mass is 357 g/mol. The highest BCUT2D eigenvalue weighted by molar-refractivity contribution is 7.99. The number of ether oxygens (including phenoxy) is 1. The summed E-state index contributed by atoms with van der Waals surface area (Å²) >= 11 is 1.33. The topological polar surface area (TPSA) is 87.8 Å². The molecule has 0 radical (unpaired) electrons. The van der Waals surface area contributed by atoms with Crippen molar-refractivity contribution in [3.63, 3.8) is 0 Å². The van der Waals surface area contributed by atoms with Gasteiger partial charge in [0.05, 0.1) is 29.6 Å². The van der Waals surface area contributed by atoms with Crippen LogP contribution in [0.15, 0.2) is 23.4 Å². The molecular weight excluding hydrogens is 338 g/mol. The van der Waals surface area contributed by atoms with Gasteiger partial charge in [-0.1, -0.05) is 11.8 Å². The van der Waals surface area contributed by atoms with Gasteiger partial charge < -0.3 is 14.7 Å². The van der Waals surface area contributed by atoms with Crippen LogP contribution in [0.5, 0.6) is 5.75 Å². The summed E-state index contributed by atoms with van der Waals surface area (Å²) in [5.74, 6) is 0.882. The van der Waals surface area contributed by atoms with E-state index >= 15 is 0 Å². The minimum absolute atomic E-state index is 0.0378. The van der Waals surface area contributed by atoms with Gasteiger partial charge in [-0.15, -0.1) is 0 Å². The molecule has 0 amide bonds. The van der Waals surface area contributed by atoms with Crippen LogP contribution in [0.3, 0.4) is 0 Å². The van der Waals surface area contributed by atoms with Crippen LogP contribution in [0.25, 0.3) is 11.0 Å². The Morgan fingerprint density at radius 1 is 1.24 bits per heavy atom. The normalized spacial score (nSPS) is 11.0. The molecule has 2 heterocycles. The number of imidazole rings is 1. The largest absolute Gasteiger partial charge is 0.497 e. The van der Waals surface area contributed by atoms with E-state index in [0.717, 1.165) is 22.5 Å². The van der Waals surface area contributed by atoms with Gasteiger partial charge in [-0.05, 0) is 38.5 Å². The van der Waals surface area contributed by atoms with Gasteiger partial charge in [-0.2, -0.15) is 0 Å². The smallest absolute Gasteiger partial charge is 0.189 e. The van der Waals surface area contributed by atoms with Crippen LogP contribution in [-0.4, -0.2) is 39.4 Å². The molecule has 7 heteroatoms. The fourth-order valence-electron chi connectivity index (χ4n) is 2.92. The lowest BCUT2D eigenvalue weighted by atomic mass is 10.1. The number of nitrogens with one attached hydrogen (secondary N) is 2. The first-order valence-electron chi connectivity index (χ1n) is 7.80. The SMILES string of the molecule is COc1ccc2nc(SCC(=O)c3[nH]c(C)c(C(C)=O)c3C)[nH]c2c1. The molecule has 0 aliphatic rings. The van der Waals surface area contributed by atoms with Crippen molar-refractivity contribution in [3.8, 4) is 5.75 Å². The highest BCUT2D eigenvalue weighted by Crippen LogP contribution is 2.25. The number of Topliss-reactive ketones (excluding diaryl/α,β-unsaturated/α-hetero) is 2. The zero-order chi connectivity index (χ0) is 18.1. The Balaban J connectivity index is 1.76. The molecule has 6 nitrogen and oxygen atoms in total. The Morgan fingerprint density at radius 3 is 2.64 bits per heavy atom. The average molecular weight is 357 g/mol. The zero-order valence-corrected chi connectivity index (χ0v) is 15.3. The molecule has 2 N–H and O–H groups in total. The molecule has 0 aliphatic carbocycles. The van der Waals surface area contributed by atoms with E-state index in [0.29, 0.717) is 22.0 Å². The van der Waals surface area contributed by atoms with Crippen molar-refractivity contribution < 1.29 is 14.3 Å². The molecule has 0 atom stereocenters. The van der Waals surface area contributed by atoms with Crippen LogP contribution < -0.4 is 4.74 Å². The Morgan fingerprint density at radius 2 is 2.00 bits per heavy atom. The molecule has 0 unspecified atom stereocenters. The first-order chi connectivity index (χ1) is 11.9. The van der Waals surface area contributed by atoms with Crippen molar-refractivity contribution in [1.82, 2.24) is 15.0 Å². The van der Waals surface area contributed by atoms with E-state index in [2.05, 4.69) is 15.0 Å². The van der Waals surface area contributed by atoms with Gasteiger partial charge >= 0.3 is 0 Å². The molecule has 0 fully saturated rings. The summed E-state index contributed by atoms with van der Waals surface area (Å²) in [7, 11) is 1.61. The lowest BCUT2D eigenvalue weighted by molar-refractivity contribution is 0.101. The van der Waals surface area contributed by atoms with Crippen molar-refractivity contribution in [1.29, 1.82) is 0 Å². The maximum atomic E-state index is 12.5. The van der Waals surface area contributed by atoms with Gasteiger partial charge in [-0.3, -0.25) is 9.59 Å². The molecular formula is C18H19N3O3S. The number of nitrogens with zero attached hydrogens (tertiary/aromatic N) is 1. The van der Waals surface area contributed by atoms with Crippen LogP contribution >= 0.6 is 11.8 Å². The van der Waals surface area contributed by atoms with E-state index in [9.17, 15) is 9.59 Å². The van der Waals surface area contributed by atoms with E-state index in [-0.39, 0.29) is 17.3 Å². The Hall–Kier alpha value is -2.54. The highest BCUT2D eigenvalue weighted by atomic mass is 32.2. The zero-order valence-electron chi connectivity index (χ0n) is 14.5. The lowest BCUT2D eigenvalue weighted by Crippen LogP contribution is -2.05. The summed E-state index contributed by atoms with van der Waals surface area (Å²) in [6.07, 6.45) is 0. The number of aryl methyl sites for hydroxylation is 1. The minimum Gasteiger partial charge on any atom is -0.497 e. The molecule has 130 valence electrons. The van der Waals surface area contributed by atoms with Gasteiger partial charge in [0.1, 0.15) is 5.75 Å². The second-order valence-electron chi connectivity index (χ2n) is 5.82. The van der Waals surface area contributed by atoms with Crippen molar-refractivity contribution in [2.45, 2.75) is 25.9 Å². The molecule has 0 aliphatic heterocycles. The molecule has 3 aromatic rings. The highest BCUT2D eigenvalue weighted by Gasteiger charge is 2.20. The fraction of sp³-hybridized carbons (Fsp3) is 0.278. The van der Waals surface area contributed by atoms with Crippen LogP contribution in [0.1, 0.15) is 39.0 Å². The maximum absolute atomic E-state index is 12.5. The summed E-state index contributed by atoms with van der Waals surface area (Å²) < 4.78 is 5.19. The first kappa shape index (κ1) is 17.3. The number of hydrogen-bond acceptors (Lipinski definition) is 5. The minimum atomic E-state index is -0.0591. The van der Waals surface area contributed by atoms with E-state index < -0.39 is 0 Å². The van der Waals surface area contributed by atoms with Crippen LogP contribution in [0.2, 0.25) is 0 Å². The fourth-order valence-corrected chi connectivity index (χ4v) is 3.68. The number of fused-ring (bicyclic) bond motifs is 1. The molecule has 0 bridgehead atoms. The van der Waals surface area contributed by atoms with Crippen LogP contribution in [0, 0.1) is 13.8 Å². The summed E-state index contributed by atoms with van der Waals surface area (Å²) in [5, 5.41) is 0.671. The van der Waals surface area contributed by atoms with Crippen molar-refractivity contribution in [2.24, 2.45) is 0 Å². The summed E-state index contributed by atoms with van der Waals surface area (Å²) in [4.78, 5) is 34.9. The number of benzene rings is 1. The number of carbonyl (C=O) groups excluding carboxylic acids is 2. The number of methoxy groups -OCH3 is 1. The number of ketones is 2. The molecule has 2 aromatic heterocycles. The molecule has 3 rings (SSSR count). The van der Waals surface area contributed by atoms with Gasteiger partial charge in [0, 0.05) is 17.3 Å². The standard InChI is InChI=1S/C18H19N3O3S/c1-9-16(11(3)22)10(2)19-17(9)15(23)8-25-18-20-13-6-5-12(24-4)7-14(13)21-18/h5-7,19H,8H2,1-4H3,(H,20,21). The molecule has 0 saturated heterocycles. The number of rotatable bonds is 6. The third-order valence-corrected chi connectivity index (χ3v) is 4.95. The number of carbonyl (C=O) groups is 2. The molecule has 0 saturated carbocycles. The quantitative estimate of drug-likeness (QED) is 0.519. The van der Waals surface area contributed by atoms with Crippen molar-refractivity contribution in [2.75, 3.05) is 12.9 Å². The number of H-pyrrole nitrogens is 2. The Bertz CT molecular complexity index is 972. The van der Waals surface area contributed by atoms with Crippen molar-refractivity contribution in [3.05, 3.63) is 40.7 Å². The third-order valence-electron chi connectivity index (χ3n) is 4.08. The number of aromatic nitrogens is 3. The van der Waals surface area contributed by atoms with Gasteiger partial charge in [0.15, 0.2) is 16.7 Å². The van der Waals surface area contributed by atoms with Crippen molar-refractivity contribution >= 4 is 34.4 Å². The molecule has 1 aromatic carbocycles. The van der Waals surface area contributed by atoms with E-state index in [4.69, 9.17) is 4.74 Å². The number of hydrogen-bond donors (Lipinski definition) is 2.